The van der Waals surface area contributed by atoms with Gasteiger partial charge in [-0.1, -0.05) is 0 Å². The van der Waals surface area contributed by atoms with Crippen molar-refractivity contribution in [1.82, 2.24) is 15.0 Å². The van der Waals surface area contributed by atoms with Crippen molar-refractivity contribution in [3.05, 3.63) is 56.5 Å². The standard InChI is InChI=1S/C11H11N3OS/c1-7-9(10(15)14-11(16)13-7)6-8-2-4-12-5-3-8/h2-5H,6H2,1H3,(H2,13,14,15,16). The van der Waals surface area contributed by atoms with E-state index in [1.807, 2.05) is 19.1 Å². The minimum absolute atomic E-state index is 0.127. The van der Waals surface area contributed by atoms with Crippen LogP contribution in [0.25, 0.3) is 0 Å². The smallest absolute Gasteiger partial charge is 0.255 e. The third-order valence-corrected chi connectivity index (χ3v) is 2.59. The Kier molecular flexibility index (Phi) is 2.96. The Balaban J connectivity index is 2.43. The maximum atomic E-state index is 11.7. The van der Waals surface area contributed by atoms with Crippen LogP contribution >= 0.6 is 12.2 Å². The van der Waals surface area contributed by atoms with E-state index in [4.69, 9.17) is 12.2 Å². The van der Waals surface area contributed by atoms with Crippen molar-refractivity contribution < 1.29 is 0 Å². The molecule has 0 saturated carbocycles. The molecule has 0 fully saturated rings. The van der Waals surface area contributed by atoms with Gasteiger partial charge in [0, 0.05) is 30.1 Å². The molecule has 0 spiro atoms. The summed E-state index contributed by atoms with van der Waals surface area (Å²) in [5, 5.41) is 0. The number of rotatable bonds is 2. The Morgan fingerprint density at radius 2 is 2.00 bits per heavy atom. The first-order valence-corrected chi connectivity index (χ1v) is 5.28. The van der Waals surface area contributed by atoms with Crippen molar-refractivity contribution in [3.8, 4) is 0 Å². The van der Waals surface area contributed by atoms with Crippen LogP contribution < -0.4 is 5.56 Å². The summed E-state index contributed by atoms with van der Waals surface area (Å²) in [5.74, 6) is 0. The highest BCUT2D eigenvalue weighted by atomic mass is 32.1. The van der Waals surface area contributed by atoms with E-state index < -0.39 is 0 Å². The largest absolute Gasteiger partial charge is 0.336 e. The Hall–Kier alpha value is -1.75. The molecule has 0 aliphatic rings. The number of pyridine rings is 1. The van der Waals surface area contributed by atoms with Crippen LogP contribution in [0.3, 0.4) is 0 Å². The molecule has 0 bridgehead atoms. The van der Waals surface area contributed by atoms with Crippen LogP contribution in [0.5, 0.6) is 0 Å². The molecule has 16 heavy (non-hydrogen) atoms. The monoisotopic (exact) mass is 233 g/mol. The summed E-state index contributed by atoms with van der Waals surface area (Å²) in [6.07, 6.45) is 4.00. The highest BCUT2D eigenvalue weighted by molar-refractivity contribution is 7.71. The Bertz CT molecular complexity index is 601. The molecular formula is C11H11N3OS. The molecule has 0 saturated heterocycles. The predicted octanol–water partition coefficient (Wildman–Crippen LogP) is 1.73. The lowest BCUT2D eigenvalue weighted by Crippen LogP contribution is -2.16. The quantitative estimate of drug-likeness (QED) is 0.776. The van der Waals surface area contributed by atoms with Crippen LogP contribution in [0.1, 0.15) is 16.8 Å². The number of nitrogens with one attached hydrogen (secondary N) is 2. The maximum Gasteiger partial charge on any atom is 0.255 e. The van der Waals surface area contributed by atoms with Crippen LogP contribution in [-0.4, -0.2) is 15.0 Å². The SMILES string of the molecule is Cc1[nH]c(=S)[nH]c(=O)c1Cc1ccncc1. The average Bonchev–Trinajstić information content (AvgIpc) is 2.25. The van der Waals surface area contributed by atoms with Crippen molar-refractivity contribution in [2.24, 2.45) is 0 Å². The van der Waals surface area contributed by atoms with Gasteiger partial charge >= 0.3 is 0 Å². The van der Waals surface area contributed by atoms with Gasteiger partial charge in [0.05, 0.1) is 0 Å². The zero-order valence-corrected chi connectivity index (χ0v) is 9.60. The molecule has 0 aromatic carbocycles. The summed E-state index contributed by atoms with van der Waals surface area (Å²) in [6.45, 7) is 1.85. The topological polar surface area (TPSA) is 61.5 Å². The molecule has 2 heterocycles. The number of aromatic amines is 2. The van der Waals surface area contributed by atoms with E-state index in [0.717, 1.165) is 11.3 Å². The summed E-state index contributed by atoms with van der Waals surface area (Å²) >= 11 is 4.89. The normalized spacial score (nSPS) is 10.3. The third-order valence-electron chi connectivity index (χ3n) is 2.39. The van der Waals surface area contributed by atoms with Crippen LogP contribution in [0.15, 0.2) is 29.3 Å². The Morgan fingerprint density at radius 3 is 2.62 bits per heavy atom. The van der Waals surface area contributed by atoms with Crippen molar-refractivity contribution in [2.75, 3.05) is 0 Å². The molecule has 0 aliphatic carbocycles. The van der Waals surface area contributed by atoms with Crippen molar-refractivity contribution in [3.63, 3.8) is 0 Å². The first-order valence-electron chi connectivity index (χ1n) is 4.88. The summed E-state index contributed by atoms with van der Waals surface area (Å²) in [6, 6.07) is 3.78. The first-order chi connectivity index (χ1) is 7.66. The van der Waals surface area contributed by atoms with Gasteiger partial charge < -0.3 is 4.98 Å². The van der Waals surface area contributed by atoms with E-state index in [0.29, 0.717) is 16.8 Å². The van der Waals surface area contributed by atoms with E-state index in [1.165, 1.54) is 0 Å². The predicted molar refractivity (Wildman–Crippen MR) is 64.0 cm³/mol. The second-order valence-electron chi connectivity index (χ2n) is 3.54. The van der Waals surface area contributed by atoms with Gasteiger partial charge in [-0.25, -0.2) is 0 Å². The number of hydrogen-bond donors (Lipinski definition) is 2. The van der Waals surface area contributed by atoms with Crippen molar-refractivity contribution >= 4 is 12.2 Å². The van der Waals surface area contributed by atoms with E-state index in [1.54, 1.807) is 12.4 Å². The van der Waals surface area contributed by atoms with Gasteiger partial charge in [-0.15, -0.1) is 0 Å². The van der Waals surface area contributed by atoms with Gasteiger partial charge in [-0.3, -0.25) is 14.8 Å². The summed E-state index contributed by atoms with van der Waals surface area (Å²) in [5.41, 5.74) is 2.44. The van der Waals surface area contributed by atoms with Crippen molar-refractivity contribution in [2.45, 2.75) is 13.3 Å². The van der Waals surface area contributed by atoms with E-state index in [2.05, 4.69) is 15.0 Å². The second-order valence-corrected chi connectivity index (χ2v) is 3.95. The molecule has 82 valence electrons. The van der Waals surface area contributed by atoms with Crippen LogP contribution in [0.4, 0.5) is 0 Å². The minimum atomic E-state index is -0.127. The molecule has 0 amide bonds. The maximum absolute atomic E-state index is 11.7. The fourth-order valence-electron chi connectivity index (χ4n) is 1.54. The lowest BCUT2D eigenvalue weighted by Gasteiger charge is -2.04. The molecule has 0 aliphatic heterocycles. The molecule has 4 nitrogen and oxygen atoms in total. The fourth-order valence-corrected chi connectivity index (χ4v) is 1.79. The number of aryl methyl sites for hydroxylation is 1. The Morgan fingerprint density at radius 1 is 1.31 bits per heavy atom. The molecule has 5 heteroatoms. The zero-order chi connectivity index (χ0) is 11.5. The average molecular weight is 233 g/mol. The zero-order valence-electron chi connectivity index (χ0n) is 8.78. The van der Waals surface area contributed by atoms with Gasteiger partial charge in [0.25, 0.3) is 5.56 Å². The van der Waals surface area contributed by atoms with E-state index in [9.17, 15) is 4.79 Å². The first kappa shape index (κ1) is 10.8. The number of nitrogens with zero attached hydrogens (tertiary/aromatic N) is 1. The highest BCUT2D eigenvalue weighted by Crippen LogP contribution is 2.06. The van der Waals surface area contributed by atoms with E-state index >= 15 is 0 Å². The molecule has 0 unspecified atom stereocenters. The second kappa shape index (κ2) is 4.40. The Labute approximate surface area is 97.4 Å². The number of aromatic nitrogens is 3. The van der Waals surface area contributed by atoms with Gasteiger partial charge in [0.2, 0.25) is 0 Å². The molecule has 2 rings (SSSR count). The molecule has 2 N–H and O–H groups in total. The lowest BCUT2D eigenvalue weighted by atomic mass is 10.1. The minimum Gasteiger partial charge on any atom is -0.336 e. The van der Waals surface area contributed by atoms with Crippen LogP contribution in [0, 0.1) is 11.7 Å². The van der Waals surface area contributed by atoms with Gasteiger partial charge in [0.15, 0.2) is 4.77 Å². The molecular weight excluding hydrogens is 222 g/mol. The summed E-state index contributed by atoms with van der Waals surface area (Å²) in [4.78, 5) is 21.2. The number of H-pyrrole nitrogens is 2. The number of hydrogen-bond acceptors (Lipinski definition) is 3. The van der Waals surface area contributed by atoms with Gasteiger partial charge in [-0.2, -0.15) is 0 Å². The fraction of sp³-hybridized carbons (Fsp3) is 0.182. The highest BCUT2D eigenvalue weighted by Gasteiger charge is 2.05. The van der Waals surface area contributed by atoms with Crippen LogP contribution in [0.2, 0.25) is 0 Å². The molecule has 2 aromatic rings. The third kappa shape index (κ3) is 2.25. The molecule has 0 atom stereocenters. The van der Waals surface area contributed by atoms with E-state index in [-0.39, 0.29) is 5.56 Å². The van der Waals surface area contributed by atoms with Crippen molar-refractivity contribution in [1.29, 1.82) is 0 Å². The molecule has 0 radical (unpaired) electrons. The van der Waals surface area contributed by atoms with Gasteiger partial charge in [0.1, 0.15) is 0 Å². The van der Waals surface area contributed by atoms with Gasteiger partial charge in [-0.05, 0) is 36.8 Å². The lowest BCUT2D eigenvalue weighted by molar-refractivity contribution is 0.961. The summed E-state index contributed by atoms with van der Waals surface area (Å²) in [7, 11) is 0. The van der Waals surface area contributed by atoms with Crippen LogP contribution in [-0.2, 0) is 6.42 Å². The molecule has 2 aromatic heterocycles. The summed E-state index contributed by atoms with van der Waals surface area (Å²) < 4.78 is 0.362.